The fourth-order valence-electron chi connectivity index (χ4n) is 7.50. The second kappa shape index (κ2) is 12.9. The zero-order valence-corrected chi connectivity index (χ0v) is 28.2. The van der Waals surface area contributed by atoms with Gasteiger partial charge in [-0.25, -0.2) is 18.1 Å². The van der Waals surface area contributed by atoms with Gasteiger partial charge in [0.2, 0.25) is 11.8 Å². The second-order valence-electron chi connectivity index (χ2n) is 14.0. The molecular weight excluding hydrogens is 616 g/mol. The van der Waals surface area contributed by atoms with Crippen LogP contribution >= 0.6 is 0 Å². The molecule has 3 amide bonds. The summed E-state index contributed by atoms with van der Waals surface area (Å²) in [4.78, 5) is 48.5. The summed E-state index contributed by atoms with van der Waals surface area (Å²) in [5.74, 6) is -0.837. The van der Waals surface area contributed by atoms with Gasteiger partial charge in [0.1, 0.15) is 28.3 Å². The van der Waals surface area contributed by atoms with Crippen molar-refractivity contribution in [3.05, 3.63) is 60.8 Å². The van der Waals surface area contributed by atoms with Crippen LogP contribution in [0.1, 0.15) is 65.7 Å². The number of carbonyl (C=O) groups is 3. The van der Waals surface area contributed by atoms with Crippen molar-refractivity contribution in [2.75, 3.05) is 23.7 Å². The van der Waals surface area contributed by atoms with Crippen molar-refractivity contribution in [1.82, 2.24) is 19.9 Å². The second-order valence-corrected chi connectivity index (χ2v) is 15.6. The van der Waals surface area contributed by atoms with Gasteiger partial charge in [0.15, 0.2) is 0 Å². The molecule has 4 N–H and O–H groups in total. The van der Waals surface area contributed by atoms with Crippen LogP contribution in [0.4, 0.5) is 11.5 Å². The van der Waals surface area contributed by atoms with E-state index in [0.717, 1.165) is 32.1 Å². The Morgan fingerprint density at radius 2 is 1.87 bits per heavy atom. The molecule has 3 fully saturated rings. The van der Waals surface area contributed by atoms with Crippen molar-refractivity contribution in [3.63, 3.8) is 0 Å². The first-order valence-electron chi connectivity index (χ1n) is 16.9. The Kier molecular flexibility index (Phi) is 9.08. The molecule has 0 bridgehead atoms. The van der Waals surface area contributed by atoms with E-state index in [1.807, 2.05) is 38.1 Å². The summed E-state index contributed by atoms with van der Waals surface area (Å²) in [6.07, 6.45) is 10.8. The number of rotatable bonds is 7. The normalized spacial score (nSPS) is 30.9. The molecule has 252 valence electrons. The molecule has 3 heterocycles. The molecule has 2 aromatic rings. The largest absolute Gasteiger partial charge is 0.384 e. The van der Waals surface area contributed by atoms with Gasteiger partial charge in [-0.2, -0.15) is 0 Å². The summed E-state index contributed by atoms with van der Waals surface area (Å²) in [7, 11) is -4.25. The van der Waals surface area contributed by atoms with Crippen LogP contribution in [0.25, 0.3) is 0 Å². The van der Waals surface area contributed by atoms with E-state index >= 15 is 0 Å². The molecule has 2 aliphatic carbocycles. The number of likely N-dealkylation sites (tertiary alicyclic amines) is 1. The molecule has 12 heteroatoms. The molecule has 11 nitrogen and oxygen atoms in total. The number of nitrogens with one attached hydrogen (secondary N) is 4. The van der Waals surface area contributed by atoms with Crippen LogP contribution in [-0.4, -0.2) is 66.7 Å². The van der Waals surface area contributed by atoms with Gasteiger partial charge in [0, 0.05) is 25.2 Å². The Labute approximate surface area is 277 Å². The number of benzene rings is 1. The number of para-hydroxylation sites is 1. The van der Waals surface area contributed by atoms with Gasteiger partial charge in [0.05, 0.1) is 5.69 Å². The van der Waals surface area contributed by atoms with Crippen LogP contribution in [0, 0.1) is 23.2 Å². The van der Waals surface area contributed by atoms with Gasteiger partial charge in [-0.05, 0) is 80.0 Å². The van der Waals surface area contributed by atoms with E-state index in [0.29, 0.717) is 36.9 Å². The molecular formula is C35H46N6O5S. The Morgan fingerprint density at radius 3 is 2.60 bits per heavy atom. The van der Waals surface area contributed by atoms with E-state index in [-0.39, 0.29) is 34.5 Å². The van der Waals surface area contributed by atoms with E-state index in [1.165, 1.54) is 6.07 Å². The Balaban J connectivity index is 1.27. The fraction of sp³-hybridized carbons (Fsp3) is 0.543. The van der Waals surface area contributed by atoms with Crippen LogP contribution in [0.3, 0.4) is 0 Å². The van der Waals surface area contributed by atoms with E-state index in [1.54, 1.807) is 35.4 Å². The molecule has 6 rings (SSSR count). The van der Waals surface area contributed by atoms with Crippen molar-refractivity contribution in [2.24, 2.45) is 23.2 Å². The Bertz CT molecular complexity index is 1650. The van der Waals surface area contributed by atoms with Crippen LogP contribution in [0.2, 0.25) is 0 Å². The number of anilines is 2. The number of allylic oxidation sites excluding steroid dienone is 1. The number of carbonyl (C=O) groups excluding carboxylic acids is 3. The zero-order chi connectivity index (χ0) is 33.4. The SMILES string of the molecule is CC[C@@H]1C[C@]12C[C@@H](C(=O)N[C@]13C[C@H]1/C=C\CCCCNc1ccccc1S(=O)(=O)NC3=O)N(C(=O)C(Nc1ccccn1)C(C)C)C2. The first kappa shape index (κ1) is 33.0. The molecule has 1 saturated heterocycles. The van der Waals surface area contributed by atoms with E-state index in [9.17, 15) is 22.8 Å². The predicted molar refractivity (Wildman–Crippen MR) is 180 cm³/mol. The van der Waals surface area contributed by atoms with Gasteiger partial charge < -0.3 is 20.9 Å². The lowest BCUT2D eigenvalue weighted by Crippen LogP contribution is -2.57. The lowest BCUT2D eigenvalue weighted by molar-refractivity contribution is -0.140. The number of pyridine rings is 1. The third kappa shape index (κ3) is 6.61. The number of sulfonamides is 1. The van der Waals surface area contributed by atoms with Crippen molar-refractivity contribution in [2.45, 2.75) is 88.2 Å². The first-order chi connectivity index (χ1) is 22.5. The van der Waals surface area contributed by atoms with Gasteiger partial charge in [-0.15, -0.1) is 0 Å². The average molecular weight is 663 g/mol. The molecule has 1 aromatic carbocycles. The highest BCUT2D eigenvalue weighted by Crippen LogP contribution is 2.61. The number of amides is 3. The summed E-state index contributed by atoms with van der Waals surface area (Å²) < 4.78 is 29.4. The molecule has 2 aliphatic heterocycles. The monoisotopic (exact) mass is 662 g/mol. The first-order valence-corrected chi connectivity index (χ1v) is 18.3. The Morgan fingerprint density at radius 1 is 1.09 bits per heavy atom. The van der Waals surface area contributed by atoms with E-state index in [2.05, 4.69) is 32.6 Å². The Hall–Kier alpha value is -3.93. The number of hydrogen-bond donors (Lipinski definition) is 4. The van der Waals surface area contributed by atoms with Crippen molar-refractivity contribution in [3.8, 4) is 0 Å². The molecule has 0 radical (unpaired) electrons. The van der Waals surface area contributed by atoms with Crippen LogP contribution in [-0.2, 0) is 24.4 Å². The quantitative estimate of drug-likeness (QED) is 0.325. The standard InChI is InChI=1S/C35H46N6O5S/c1-4-24-19-34(24)21-27(41(22-34)32(43)30(23(2)3)38-29-16-10-12-18-37-29)31(42)39-35-20-25(35)13-7-5-6-11-17-36-26-14-8-9-15-28(26)47(45,46)40-33(35)44/h7-10,12-16,18,23-25,27,30,36H,4-6,11,17,19-22H2,1-3H3,(H,37,38)(H,39,42)(H,40,44)/b13-7-/t24-,25-,27+,30?,34-,35-/m1/s1. The van der Waals surface area contributed by atoms with Crippen LogP contribution in [0.5, 0.6) is 0 Å². The summed E-state index contributed by atoms with van der Waals surface area (Å²) in [6.45, 7) is 7.12. The molecule has 47 heavy (non-hydrogen) atoms. The van der Waals surface area contributed by atoms with Gasteiger partial charge >= 0.3 is 0 Å². The lowest BCUT2D eigenvalue weighted by atomic mass is 9.98. The van der Waals surface area contributed by atoms with Gasteiger partial charge in [-0.1, -0.05) is 57.5 Å². The minimum absolute atomic E-state index is 0.0198. The molecule has 4 aliphatic rings. The van der Waals surface area contributed by atoms with E-state index in [4.69, 9.17) is 0 Å². The number of hydrogen-bond acceptors (Lipinski definition) is 8. The number of aromatic nitrogens is 1. The maximum absolute atomic E-state index is 14.3. The van der Waals surface area contributed by atoms with Crippen LogP contribution in [0.15, 0.2) is 65.7 Å². The highest BCUT2D eigenvalue weighted by atomic mass is 32.2. The van der Waals surface area contributed by atoms with Gasteiger partial charge in [0.25, 0.3) is 15.9 Å². The number of fused-ring (bicyclic) bond motifs is 2. The maximum atomic E-state index is 14.3. The van der Waals surface area contributed by atoms with Crippen LogP contribution < -0.4 is 20.7 Å². The smallest absolute Gasteiger partial charge is 0.266 e. The third-order valence-electron chi connectivity index (χ3n) is 10.5. The lowest BCUT2D eigenvalue weighted by Gasteiger charge is -2.31. The molecule has 1 unspecified atom stereocenters. The zero-order valence-electron chi connectivity index (χ0n) is 27.4. The summed E-state index contributed by atoms with van der Waals surface area (Å²) in [5.41, 5.74) is -1.15. The minimum Gasteiger partial charge on any atom is -0.384 e. The fourth-order valence-corrected chi connectivity index (χ4v) is 8.72. The topological polar surface area (TPSA) is 150 Å². The van der Waals surface area contributed by atoms with E-state index < -0.39 is 39.5 Å². The number of nitrogens with zero attached hydrogens (tertiary/aromatic N) is 2. The maximum Gasteiger partial charge on any atom is 0.266 e. The van der Waals surface area contributed by atoms with Crippen molar-refractivity contribution in [1.29, 1.82) is 0 Å². The highest BCUT2D eigenvalue weighted by molar-refractivity contribution is 7.90. The third-order valence-corrected chi connectivity index (χ3v) is 11.8. The molecule has 1 spiro atoms. The average Bonchev–Trinajstić information content (AvgIpc) is 3.90. The molecule has 6 atom stereocenters. The predicted octanol–water partition coefficient (Wildman–Crippen LogP) is 4.07. The highest BCUT2D eigenvalue weighted by Gasteiger charge is 2.65. The summed E-state index contributed by atoms with van der Waals surface area (Å²) in [6, 6.07) is 10.6. The van der Waals surface area contributed by atoms with Crippen molar-refractivity contribution >= 4 is 39.3 Å². The van der Waals surface area contributed by atoms with Gasteiger partial charge in [-0.3, -0.25) is 14.4 Å². The minimum atomic E-state index is -4.25. The molecule has 1 aromatic heterocycles. The van der Waals surface area contributed by atoms with Crippen molar-refractivity contribution < 1.29 is 22.8 Å². The summed E-state index contributed by atoms with van der Waals surface area (Å²) in [5, 5.41) is 9.46. The summed E-state index contributed by atoms with van der Waals surface area (Å²) >= 11 is 0. The molecule has 2 saturated carbocycles.